The van der Waals surface area contributed by atoms with Crippen molar-refractivity contribution in [2.24, 2.45) is 5.92 Å². The Morgan fingerprint density at radius 3 is 2.52 bits per heavy atom. The van der Waals surface area contributed by atoms with Crippen molar-refractivity contribution in [1.82, 2.24) is 15.1 Å². The van der Waals surface area contributed by atoms with Gasteiger partial charge in [0.25, 0.3) is 0 Å². The zero-order chi connectivity index (χ0) is 18.2. The Bertz CT molecular complexity index is 709. The van der Waals surface area contributed by atoms with Crippen LogP contribution in [0.5, 0.6) is 0 Å². The van der Waals surface area contributed by atoms with E-state index < -0.39 is 0 Å². The van der Waals surface area contributed by atoms with E-state index in [1.54, 1.807) is 23.0 Å². The van der Waals surface area contributed by atoms with Gasteiger partial charge in [-0.25, -0.2) is 4.79 Å². The maximum atomic E-state index is 11.9. The van der Waals surface area contributed by atoms with Gasteiger partial charge in [0.1, 0.15) is 0 Å². The molecule has 1 aromatic heterocycles. The van der Waals surface area contributed by atoms with E-state index in [4.69, 9.17) is 5.11 Å². The average molecular weight is 345 g/mol. The number of nitrogens with zero attached hydrogens (tertiary/aromatic N) is 2. The van der Waals surface area contributed by atoms with Gasteiger partial charge in [0.2, 0.25) is 5.91 Å². The molecule has 0 bridgehead atoms. The van der Waals surface area contributed by atoms with E-state index in [2.05, 4.69) is 21.0 Å². The lowest BCUT2D eigenvalue weighted by molar-refractivity contribution is -0.118. The van der Waals surface area contributed by atoms with Crippen LogP contribution in [0.15, 0.2) is 36.7 Å². The first kappa shape index (κ1) is 18.5. The fourth-order valence-corrected chi connectivity index (χ4v) is 2.00. The summed E-state index contributed by atoms with van der Waals surface area (Å²) in [4.78, 5) is 23.5. The molecular formula is C17H23N5O3. The Kier molecular flexibility index (Phi) is 6.53. The molecule has 3 amide bonds. The molecule has 8 heteroatoms. The summed E-state index contributed by atoms with van der Waals surface area (Å²) in [5, 5.41) is 21.1. The molecule has 2 rings (SSSR count). The molecule has 0 fully saturated rings. The van der Waals surface area contributed by atoms with E-state index in [0.717, 1.165) is 11.3 Å². The van der Waals surface area contributed by atoms with Gasteiger partial charge in [0.15, 0.2) is 0 Å². The van der Waals surface area contributed by atoms with Crippen LogP contribution in [0.2, 0.25) is 0 Å². The van der Waals surface area contributed by atoms with Gasteiger partial charge in [-0.1, -0.05) is 26.0 Å². The van der Waals surface area contributed by atoms with Crippen LogP contribution in [0.4, 0.5) is 16.2 Å². The number of urea groups is 1. The summed E-state index contributed by atoms with van der Waals surface area (Å²) in [7, 11) is 0. The van der Waals surface area contributed by atoms with Crippen LogP contribution in [-0.2, 0) is 17.9 Å². The van der Waals surface area contributed by atoms with Crippen molar-refractivity contribution in [3.8, 4) is 0 Å². The molecule has 1 heterocycles. The molecule has 0 atom stereocenters. The molecule has 134 valence electrons. The van der Waals surface area contributed by atoms with Crippen molar-refractivity contribution in [2.75, 3.05) is 17.2 Å². The third kappa shape index (κ3) is 5.92. The Balaban J connectivity index is 1.80. The molecule has 2 aromatic rings. The van der Waals surface area contributed by atoms with Crippen LogP contribution in [0.25, 0.3) is 0 Å². The summed E-state index contributed by atoms with van der Waals surface area (Å²) < 4.78 is 1.54. The van der Waals surface area contributed by atoms with Crippen LogP contribution in [-0.4, -0.2) is 33.4 Å². The van der Waals surface area contributed by atoms with Gasteiger partial charge >= 0.3 is 6.03 Å². The van der Waals surface area contributed by atoms with E-state index in [1.807, 2.05) is 26.0 Å². The second-order valence-electron chi connectivity index (χ2n) is 5.86. The highest BCUT2D eigenvalue weighted by atomic mass is 16.3. The van der Waals surface area contributed by atoms with Crippen LogP contribution < -0.4 is 16.0 Å². The molecule has 0 spiro atoms. The number of carbonyl (C=O) groups excluding carboxylic acids is 2. The fraction of sp³-hybridized carbons (Fsp3) is 0.353. The number of aromatic nitrogens is 2. The first-order valence-electron chi connectivity index (χ1n) is 8.06. The second kappa shape index (κ2) is 8.84. The van der Waals surface area contributed by atoms with Gasteiger partial charge in [0.05, 0.1) is 25.0 Å². The molecule has 25 heavy (non-hydrogen) atoms. The molecule has 0 aliphatic carbocycles. The van der Waals surface area contributed by atoms with E-state index in [0.29, 0.717) is 18.8 Å². The summed E-state index contributed by atoms with van der Waals surface area (Å²) in [6, 6.07) is 6.94. The number of benzene rings is 1. The Morgan fingerprint density at radius 1 is 1.16 bits per heavy atom. The summed E-state index contributed by atoms with van der Waals surface area (Å²) in [5.74, 6) is -0.112. The quantitative estimate of drug-likeness (QED) is 0.613. The number of rotatable bonds is 7. The summed E-state index contributed by atoms with van der Waals surface area (Å²) in [6.07, 6.45) is 3.16. The molecule has 0 unspecified atom stereocenters. The minimum atomic E-state index is -0.347. The van der Waals surface area contributed by atoms with Gasteiger partial charge < -0.3 is 21.1 Å². The molecule has 0 saturated heterocycles. The average Bonchev–Trinajstić information content (AvgIpc) is 3.01. The highest BCUT2D eigenvalue weighted by Crippen LogP contribution is 2.11. The van der Waals surface area contributed by atoms with Gasteiger partial charge in [-0.05, 0) is 17.7 Å². The van der Waals surface area contributed by atoms with Gasteiger partial charge in [-0.2, -0.15) is 5.10 Å². The minimum Gasteiger partial charge on any atom is -0.394 e. The second-order valence-corrected chi connectivity index (χ2v) is 5.86. The lowest BCUT2D eigenvalue weighted by Crippen LogP contribution is -2.28. The van der Waals surface area contributed by atoms with Gasteiger partial charge in [-0.15, -0.1) is 0 Å². The molecule has 4 N–H and O–H groups in total. The predicted octanol–water partition coefficient (Wildman–Crippen LogP) is 1.79. The summed E-state index contributed by atoms with van der Waals surface area (Å²) in [5.41, 5.74) is 2.19. The fourth-order valence-electron chi connectivity index (χ4n) is 2.00. The van der Waals surface area contributed by atoms with Crippen LogP contribution in [0, 0.1) is 5.92 Å². The molecule has 8 nitrogen and oxygen atoms in total. The van der Waals surface area contributed by atoms with E-state index in [-0.39, 0.29) is 24.5 Å². The number of anilines is 2. The Hall–Kier alpha value is -2.87. The first-order chi connectivity index (χ1) is 12.0. The Labute approximate surface area is 146 Å². The first-order valence-corrected chi connectivity index (χ1v) is 8.06. The standard InChI is InChI=1S/C17H23N5O3/c1-12(2)16(24)20-14-5-3-13(4-6-14)9-18-17(25)21-15-10-19-22(11-15)7-8-23/h3-6,10-12,23H,7-9H2,1-2H3,(H,20,24)(H2,18,21,25). The highest BCUT2D eigenvalue weighted by molar-refractivity contribution is 5.92. The van der Waals surface area contributed by atoms with Crippen molar-refractivity contribution < 1.29 is 14.7 Å². The van der Waals surface area contributed by atoms with Crippen molar-refractivity contribution >= 4 is 23.3 Å². The minimum absolute atomic E-state index is 0.0130. The number of nitrogens with one attached hydrogen (secondary N) is 3. The zero-order valence-corrected chi connectivity index (χ0v) is 14.3. The third-order valence-electron chi connectivity index (χ3n) is 3.42. The maximum absolute atomic E-state index is 11.9. The summed E-state index contributed by atoms with van der Waals surface area (Å²) >= 11 is 0. The number of aliphatic hydroxyl groups excluding tert-OH is 1. The number of hydrogen-bond acceptors (Lipinski definition) is 4. The van der Waals surface area contributed by atoms with Crippen molar-refractivity contribution in [3.05, 3.63) is 42.2 Å². The zero-order valence-electron chi connectivity index (χ0n) is 14.3. The SMILES string of the molecule is CC(C)C(=O)Nc1ccc(CNC(=O)Nc2cnn(CCO)c2)cc1. The van der Waals surface area contributed by atoms with Crippen molar-refractivity contribution in [1.29, 1.82) is 0 Å². The molecule has 0 aliphatic rings. The number of carbonyl (C=O) groups is 2. The van der Waals surface area contributed by atoms with E-state index in [1.165, 1.54) is 6.20 Å². The van der Waals surface area contributed by atoms with Crippen LogP contribution in [0.3, 0.4) is 0 Å². The number of hydrogen-bond donors (Lipinski definition) is 4. The van der Waals surface area contributed by atoms with Crippen molar-refractivity contribution in [2.45, 2.75) is 26.9 Å². The van der Waals surface area contributed by atoms with E-state index >= 15 is 0 Å². The monoisotopic (exact) mass is 345 g/mol. The smallest absolute Gasteiger partial charge is 0.319 e. The van der Waals surface area contributed by atoms with Gasteiger partial charge in [-0.3, -0.25) is 9.48 Å². The highest BCUT2D eigenvalue weighted by Gasteiger charge is 2.07. The number of amides is 3. The van der Waals surface area contributed by atoms with E-state index in [9.17, 15) is 9.59 Å². The van der Waals surface area contributed by atoms with Crippen molar-refractivity contribution in [3.63, 3.8) is 0 Å². The topological polar surface area (TPSA) is 108 Å². The predicted molar refractivity (Wildman–Crippen MR) is 95.1 cm³/mol. The summed E-state index contributed by atoms with van der Waals surface area (Å²) in [6.45, 7) is 4.39. The lowest BCUT2D eigenvalue weighted by atomic mass is 10.1. The number of aliphatic hydroxyl groups is 1. The van der Waals surface area contributed by atoms with Crippen LogP contribution in [0.1, 0.15) is 19.4 Å². The largest absolute Gasteiger partial charge is 0.394 e. The Morgan fingerprint density at radius 2 is 1.88 bits per heavy atom. The normalized spacial score (nSPS) is 10.6. The molecule has 0 radical (unpaired) electrons. The molecular weight excluding hydrogens is 322 g/mol. The lowest BCUT2D eigenvalue weighted by Gasteiger charge is -2.09. The molecule has 1 aromatic carbocycles. The molecule has 0 saturated carbocycles. The third-order valence-corrected chi connectivity index (χ3v) is 3.42. The molecule has 0 aliphatic heterocycles. The maximum Gasteiger partial charge on any atom is 0.319 e. The van der Waals surface area contributed by atoms with Gasteiger partial charge in [0, 0.05) is 24.3 Å². The van der Waals surface area contributed by atoms with Crippen LogP contribution >= 0.6 is 0 Å².